The maximum Gasteiger partial charge on any atom is 0.252 e. The van der Waals surface area contributed by atoms with E-state index >= 15 is 0 Å². The molecule has 0 spiro atoms. The minimum absolute atomic E-state index is 0.224. The van der Waals surface area contributed by atoms with Crippen LogP contribution in [0.25, 0.3) is 17.0 Å². The summed E-state index contributed by atoms with van der Waals surface area (Å²) >= 11 is 3.38. The Labute approximate surface area is 181 Å². The van der Waals surface area contributed by atoms with Crippen LogP contribution in [0, 0.1) is 0 Å². The third kappa shape index (κ3) is 4.25. The van der Waals surface area contributed by atoms with Crippen molar-refractivity contribution in [2.75, 3.05) is 20.3 Å². The van der Waals surface area contributed by atoms with Gasteiger partial charge in [0.1, 0.15) is 12.4 Å². The topological polar surface area (TPSA) is 90.6 Å². The molecule has 0 aliphatic carbocycles. The maximum atomic E-state index is 12.4. The Morgan fingerprint density at radius 3 is 2.73 bits per heavy atom. The molecule has 2 heterocycles. The molecule has 4 aromatic rings. The number of fused-ring (bicyclic) bond motifs is 1. The summed E-state index contributed by atoms with van der Waals surface area (Å²) in [5.41, 5.74) is 2.02. The molecule has 0 aliphatic rings. The molecule has 0 radical (unpaired) electrons. The summed E-state index contributed by atoms with van der Waals surface area (Å²) in [5, 5.41) is 15.6. The highest BCUT2D eigenvalue weighted by Gasteiger charge is 2.12. The van der Waals surface area contributed by atoms with Gasteiger partial charge in [0.15, 0.2) is 11.5 Å². The van der Waals surface area contributed by atoms with E-state index in [1.807, 2.05) is 30.3 Å². The smallest absolute Gasteiger partial charge is 0.252 e. The third-order valence-corrected chi connectivity index (χ3v) is 5.02. The first-order valence-corrected chi connectivity index (χ1v) is 9.97. The molecule has 8 nitrogen and oxygen atoms in total. The summed E-state index contributed by atoms with van der Waals surface area (Å²) in [6.07, 6.45) is 0. The van der Waals surface area contributed by atoms with E-state index in [4.69, 9.17) is 9.47 Å². The average molecular weight is 468 g/mol. The predicted molar refractivity (Wildman–Crippen MR) is 115 cm³/mol. The van der Waals surface area contributed by atoms with Crippen LogP contribution in [0.3, 0.4) is 0 Å². The Kier molecular flexibility index (Phi) is 5.89. The third-order valence-electron chi connectivity index (χ3n) is 4.33. The number of nitrogens with zero attached hydrogens (tertiary/aromatic N) is 4. The fraction of sp³-hybridized carbons (Fsp3) is 0.143. The molecule has 2 aromatic heterocycles. The monoisotopic (exact) mass is 467 g/mol. The summed E-state index contributed by atoms with van der Waals surface area (Å²) < 4.78 is 13.2. The molecule has 0 saturated heterocycles. The van der Waals surface area contributed by atoms with Crippen molar-refractivity contribution in [3.63, 3.8) is 0 Å². The largest absolute Gasteiger partial charge is 0.497 e. The number of hydrogen-bond donors (Lipinski definition) is 1. The summed E-state index contributed by atoms with van der Waals surface area (Å²) in [6.45, 7) is 0.574. The first kappa shape index (κ1) is 19.8. The van der Waals surface area contributed by atoms with Crippen LogP contribution in [-0.4, -0.2) is 46.0 Å². The van der Waals surface area contributed by atoms with Crippen LogP contribution >= 0.6 is 15.9 Å². The van der Waals surface area contributed by atoms with Crippen molar-refractivity contribution < 1.29 is 14.3 Å². The van der Waals surface area contributed by atoms with Gasteiger partial charge in [-0.3, -0.25) is 4.79 Å². The lowest BCUT2D eigenvalue weighted by Gasteiger charge is -2.09. The molecule has 0 bridgehead atoms. The van der Waals surface area contributed by atoms with Gasteiger partial charge in [0.2, 0.25) is 5.88 Å². The predicted octanol–water partition coefficient (Wildman–Crippen LogP) is 3.37. The normalized spacial score (nSPS) is 10.7. The lowest BCUT2D eigenvalue weighted by molar-refractivity contribution is 0.0945. The molecule has 152 valence electrons. The van der Waals surface area contributed by atoms with Gasteiger partial charge in [-0.1, -0.05) is 30.3 Å². The van der Waals surface area contributed by atoms with Crippen LogP contribution in [0.2, 0.25) is 0 Å². The van der Waals surface area contributed by atoms with Crippen molar-refractivity contribution in [1.82, 2.24) is 25.1 Å². The Hall–Kier alpha value is -3.46. The number of nitrogens with one attached hydrogen (secondary N) is 1. The molecule has 0 atom stereocenters. The lowest BCUT2D eigenvalue weighted by atomic mass is 10.2. The number of carbonyl (C=O) groups excluding carboxylic acids is 1. The van der Waals surface area contributed by atoms with Crippen LogP contribution < -0.4 is 14.8 Å². The SMILES string of the molecule is COc1ccc(Br)c(C(=O)NCCOc2ccc3nnc(-c4ccccc4)n3n2)c1. The lowest BCUT2D eigenvalue weighted by Crippen LogP contribution is -2.28. The van der Waals surface area contributed by atoms with Crippen LogP contribution in [0.4, 0.5) is 0 Å². The van der Waals surface area contributed by atoms with Gasteiger partial charge in [0.05, 0.1) is 19.2 Å². The summed E-state index contributed by atoms with van der Waals surface area (Å²) in [5.74, 6) is 1.43. The zero-order valence-corrected chi connectivity index (χ0v) is 17.7. The van der Waals surface area contributed by atoms with Crippen molar-refractivity contribution in [1.29, 1.82) is 0 Å². The van der Waals surface area contributed by atoms with Crippen molar-refractivity contribution in [2.45, 2.75) is 0 Å². The fourth-order valence-electron chi connectivity index (χ4n) is 2.84. The molecular formula is C21H18BrN5O3. The van der Waals surface area contributed by atoms with E-state index in [2.05, 4.69) is 36.5 Å². The molecule has 0 aliphatic heterocycles. The number of hydrogen-bond acceptors (Lipinski definition) is 6. The first-order chi connectivity index (χ1) is 14.7. The second kappa shape index (κ2) is 8.91. The number of halogens is 1. The van der Waals surface area contributed by atoms with E-state index < -0.39 is 0 Å². The van der Waals surface area contributed by atoms with Crippen molar-refractivity contribution in [3.8, 4) is 23.0 Å². The molecule has 0 fully saturated rings. The second-order valence-electron chi connectivity index (χ2n) is 6.28. The molecule has 0 unspecified atom stereocenters. The van der Waals surface area contributed by atoms with Gasteiger partial charge >= 0.3 is 0 Å². The number of carbonyl (C=O) groups is 1. The van der Waals surface area contributed by atoms with Gasteiger partial charge < -0.3 is 14.8 Å². The number of rotatable bonds is 7. The Balaban J connectivity index is 1.39. The highest BCUT2D eigenvalue weighted by Crippen LogP contribution is 2.22. The number of ether oxygens (including phenoxy) is 2. The summed E-state index contributed by atoms with van der Waals surface area (Å²) in [6, 6.07) is 18.4. The van der Waals surface area contributed by atoms with Gasteiger partial charge in [0, 0.05) is 16.1 Å². The van der Waals surface area contributed by atoms with Crippen LogP contribution in [0.15, 0.2) is 65.1 Å². The summed E-state index contributed by atoms with van der Waals surface area (Å²) in [4.78, 5) is 12.4. The zero-order chi connectivity index (χ0) is 20.9. The number of aromatic nitrogens is 4. The van der Waals surface area contributed by atoms with E-state index in [0.717, 1.165) is 5.56 Å². The minimum atomic E-state index is -0.224. The Morgan fingerprint density at radius 1 is 1.10 bits per heavy atom. The molecule has 9 heteroatoms. The second-order valence-corrected chi connectivity index (χ2v) is 7.14. The van der Waals surface area contributed by atoms with Gasteiger partial charge in [-0.05, 0) is 40.2 Å². The van der Waals surface area contributed by atoms with Gasteiger partial charge in [-0.15, -0.1) is 15.3 Å². The van der Waals surface area contributed by atoms with Gasteiger partial charge in [-0.2, -0.15) is 4.52 Å². The first-order valence-electron chi connectivity index (χ1n) is 9.18. The van der Waals surface area contributed by atoms with Crippen LogP contribution in [0.5, 0.6) is 11.6 Å². The van der Waals surface area contributed by atoms with Crippen molar-refractivity contribution in [3.05, 3.63) is 70.7 Å². The minimum Gasteiger partial charge on any atom is -0.497 e. The molecule has 1 amide bonds. The number of amides is 1. The highest BCUT2D eigenvalue weighted by molar-refractivity contribution is 9.10. The van der Waals surface area contributed by atoms with E-state index in [1.54, 1.807) is 42.0 Å². The summed E-state index contributed by atoms with van der Waals surface area (Å²) in [7, 11) is 1.56. The number of benzene rings is 2. The van der Waals surface area contributed by atoms with Gasteiger partial charge in [-0.25, -0.2) is 0 Å². The molecule has 30 heavy (non-hydrogen) atoms. The average Bonchev–Trinajstić information content (AvgIpc) is 3.21. The molecule has 2 aromatic carbocycles. The van der Waals surface area contributed by atoms with Gasteiger partial charge in [0.25, 0.3) is 5.91 Å². The molecule has 4 rings (SSSR count). The standard InChI is InChI=1S/C21H18BrN5O3/c1-29-15-7-8-17(22)16(13-15)21(28)23-11-12-30-19-10-9-18-24-25-20(27(18)26-19)14-5-3-2-4-6-14/h2-10,13H,11-12H2,1H3,(H,23,28). The van der Waals surface area contributed by atoms with Crippen LogP contribution in [0.1, 0.15) is 10.4 Å². The van der Waals surface area contributed by atoms with Crippen molar-refractivity contribution >= 4 is 27.5 Å². The molecular weight excluding hydrogens is 450 g/mol. The Bertz CT molecular complexity index is 1180. The highest BCUT2D eigenvalue weighted by atomic mass is 79.9. The Morgan fingerprint density at radius 2 is 1.93 bits per heavy atom. The zero-order valence-electron chi connectivity index (χ0n) is 16.1. The van der Waals surface area contributed by atoms with E-state index in [0.29, 0.717) is 39.7 Å². The molecule has 1 N–H and O–H groups in total. The van der Waals surface area contributed by atoms with Crippen molar-refractivity contribution in [2.24, 2.45) is 0 Å². The quantitative estimate of drug-likeness (QED) is 0.419. The van der Waals surface area contributed by atoms with E-state index in [1.165, 1.54) is 0 Å². The maximum absolute atomic E-state index is 12.4. The number of methoxy groups -OCH3 is 1. The molecule has 0 saturated carbocycles. The fourth-order valence-corrected chi connectivity index (χ4v) is 3.26. The van der Waals surface area contributed by atoms with E-state index in [9.17, 15) is 4.79 Å². The van der Waals surface area contributed by atoms with E-state index in [-0.39, 0.29) is 12.5 Å². The van der Waals surface area contributed by atoms with Crippen LogP contribution in [-0.2, 0) is 0 Å².